The third-order valence-electron chi connectivity index (χ3n) is 20.6. The van der Waals surface area contributed by atoms with Crippen molar-refractivity contribution < 1.29 is 0 Å². The van der Waals surface area contributed by atoms with Crippen LogP contribution in [0.15, 0.2) is 0 Å². The maximum atomic E-state index is 2.83. The van der Waals surface area contributed by atoms with Crippen LogP contribution in [0.5, 0.6) is 0 Å². The lowest BCUT2D eigenvalue weighted by molar-refractivity contribution is -0.131. The Morgan fingerprint density at radius 3 is 0.981 bits per heavy atom. The molecule has 0 spiro atoms. The second-order valence-electron chi connectivity index (χ2n) is 23.1. The highest BCUT2D eigenvalue weighted by atomic mass is 14.6. The SMILES string of the molecule is CC1(C2CC(C3CCCCC3)CC(C3C4CCCCC4C(C4CC(C5CCCCC5)C[C@H](C5CCCCCC5)C4)C4CCCCC43)C2)CCCCC1. The van der Waals surface area contributed by atoms with E-state index >= 15 is 0 Å². The van der Waals surface area contributed by atoms with Crippen LogP contribution in [0.4, 0.5) is 0 Å². The van der Waals surface area contributed by atoms with Crippen molar-refractivity contribution in [1.29, 1.82) is 0 Å². The summed E-state index contributed by atoms with van der Waals surface area (Å²) >= 11 is 0. The molecule has 9 fully saturated rings. The molecule has 0 amide bonds. The third-order valence-corrected chi connectivity index (χ3v) is 20.6. The normalized spacial score (nSPS) is 46.1. The second kappa shape index (κ2) is 17.2. The predicted octanol–water partition coefficient (Wildman–Crippen LogP) is 16.0. The van der Waals surface area contributed by atoms with E-state index in [0.717, 1.165) is 88.8 Å². The van der Waals surface area contributed by atoms with Crippen molar-refractivity contribution in [2.75, 3.05) is 0 Å². The van der Waals surface area contributed by atoms with Gasteiger partial charge >= 0.3 is 0 Å². The molecule has 9 aliphatic rings. The van der Waals surface area contributed by atoms with Crippen LogP contribution in [0.25, 0.3) is 0 Å². The maximum absolute atomic E-state index is 2.83. The van der Waals surface area contributed by atoms with E-state index in [9.17, 15) is 0 Å². The Morgan fingerprint density at radius 2 is 0.558 bits per heavy atom. The summed E-state index contributed by atoms with van der Waals surface area (Å²) in [7, 11) is 0. The Hall–Kier alpha value is 0. The number of hydrogen-bond acceptors (Lipinski definition) is 0. The minimum absolute atomic E-state index is 0.669. The van der Waals surface area contributed by atoms with E-state index in [1.165, 1.54) is 25.7 Å². The van der Waals surface area contributed by atoms with Gasteiger partial charge in [-0.3, -0.25) is 0 Å². The Bertz CT molecular complexity index is 1050. The van der Waals surface area contributed by atoms with Crippen LogP contribution in [0.2, 0.25) is 0 Å². The summed E-state index contributed by atoms with van der Waals surface area (Å²) in [5.74, 6) is 16.5. The van der Waals surface area contributed by atoms with E-state index in [4.69, 9.17) is 0 Å². The van der Waals surface area contributed by atoms with E-state index in [-0.39, 0.29) is 0 Å². The minimum Gasteiger partial charge on any atom is -0.0594 e. The average molecular weight is 713 g/mol. The van der Waals surface area contributed by atoms with Crippen LogP contribution >= 0.6 is 0 Å². The Morgan fingerprint density at radius 1 is 0.269 bits per heavy atom. The van der Waals surface area contributed by atoms with Crippen molar-refractivity contribution in [3.8, 4) is 0 Å². The lowest BCUT2D eigenvalue weighted by Crippen LogP contribution is -2.55. The van der Waals surface area contributed by atoms with Gasteiger partial charge in [0.05, 0.1) is 0 Å². The van der Waals surface area contributed by atoms with E-state index in [0.29, 0.717) is 5.41 Å². The van der Waals surface area contributed by atoms with Crippen molar-refractivity contribution >= 4 is 0 Å². The first-order valence-electron chi connectivity index (χ1n) is 25.6. The molecule has 9 unspecified atom stereocenters. The maximum Gasteiger partial charge on any atom is -0.0297 e. The molecule has 0 bridgehead atoms. The molecule has 9 aliphatic carbocycles. The lowest BCUT2D eigenvalue weighted by atomic mass is 9.43. The Labute approximate surface area is 324 Å². The summed E-state index contributed by atoms with van der Waals surface area (Å²) in [6.45, 7) is 2.83. The van der Waals surface area contributed by atoms with Gasteiger partial charge in [-0.25, -0.2) is 0 Å². The predicted molar refractivity (Wildman–Crippen MR) is 222 cm³/mol. The molecule has 0 heterocycles. The fraction of sp³-hybridized carbons (Fsp3) is 1.00. The summed E-state index contributed by atoms with van der Waals surface area (Å²) in [5, 5.41) is 0. The first-order chi connectivity index (χ1) is 25.6. The molecule has 0 aromatic carbocycles. The molecule has 52 heavy (non-hydrogen) atoms. The molecule has 0 radical (unpaired) electrons. The van der Waals surface area contributed by atoms with Crippen molar-refractivity contribution in [2.45, 2.75) is 232 Å². The molecular formula is C52H88. The average Bonchev–Trinajstić information content (AvgIpc) is 3.51. The summed E-state index contributed by atoms with van der Waals surface area (Å²) in [6, 6.07) is 0. The van der Waals surface area contributed by atoms with Gasteiger partial charge in [-0.15, -0.1) is 0 Å². The first kappa shape index (κ1) is 37.6. The van der Waals surface area contributed by atoms with Gasteiger partial charge in [0, 0.05) is 0 Å². The van der Waals surface area contributed by atoms with Crippen LogP contribution < -0.4 is 0 Å². The van der Waals surface area contributed by atoms with Gasteiger partial charge in [0.1, 0.15) is 0 Å². The van der Waals surface area contributed by atoms with Gasteiger partial charge in [-0.1, -0.05) is 155 Å². The van der Waals surface area contributed by atoms with Gasteiger partial charge in [-0.05, 0) is 171 Å². The van der Waals surface area contributed by atoms with Gasteiger partial charge < -0.3 is 0 Å². The number of hydrogen-bond donors (Lipinski definition) is 0. The van der Waals surface area contributed by atoms with Crippen molar-refractivity contribution in [2.24, 2.45) is 94.2 Å². The molecule has 0 saturated heterocycles. The smallest absolute Gasteiger partial charge is 0.0297 e. The number of rotatable bonds is 6. The highest BCUT2D eigenvalue weighted by molar-refractivity contribution is 5.06. The van der Waals surface area contributed by atoms with E-state index < -0.39 is 0 Å². The molecule has 0 aromatic heterocycles. The van der Waals surface area contributed by atoms with E-state index in [1.807, 2.05) is 0 Å². The monoisotopic (exact) mass is 713 g/mol. The van der Waals surface area contributed by atoms with Crippen LogP contribution in [-0.4, -0.2) is 0 Å². The minimum atomic E-state index is 0.669. The molecule has 9 rings (SSSR count). The topological polar surface area (TPSA) is 0 Å². The molecule has 0 aliphatic heterocycles. The molecule has 296 valence electrons. The van der Waals surface area contributed by atoms with Gasteiger partial charge in [0.15, 0.2) is 0 Å². The third kappa shape index (κ3) is 7.94. The Kier molecular flexibility index (Phi) is 12.5. The van der Waals surface area contributed by atoms with E-state index in [1.54, 1.807) is 199 Å². The summed E-state index contributed by atoms with van der Waals surface area (Å²) in [5.41, 5.74) is 0.669. The zero-order chi connectivity index (χ0) is 34.9. The zero-order valence-electron chi connectivity index (χ0n) is 34.9. The molecule has 10 atom stereocenters. The summed E-state index contributed by atoms with van der Waals surface area (Å²) in [6.07, 6.45) is 55.8. The molecule has 0 nitrogen and oxygen atoms in total. The largest absolute Gasteiger partial charge is 0.0594 e. The highest BCUT2D eigenvalue weighted by Crippen LogP contribution is 2.65. The van der Waals surface area contributed by atoms with Crippen molar-refractivity contribution in [3.63, 3.8) is 0 Å². The standard InChI is InChI=1S/C52H88/c1-52(29-17-6-18-30-52)45-35-42(39-23-11-5-12-24-39)34-44(36-45)51-48-27-15-13-25-46(48)50(47-26-14-16-28-49(47)51)43-32-40(37-19-7-2-3-8-20-37)31-41(33-43)38-21-9-4-10-22-38/h37-51H,2-36H2,1H3/t40-,41?,42?,43?,44?,45?,46?,47?,48?,49?,50?,51?/m0/s1. The van der Waals surface area contributed by atoms with Gasteiger partial charge in [0.25, 0.3) is 0 Å². The number of fused-ring (bicyclic) bond motifs is 2. The van der Waals surface area contributed by atoms with Crippen LogP contribution in [0.1, 0.15) is 232 Å². The quantitative estimate of drug-likeness (QED) is 0.241. The molecular weight excluding hydrogens is 625 g/mol. The molecule has 9 saturated carbocycles. The van der Waals surface area contributed by atoms with Crippen molar-refractivity contribution in [1.82, 2.24) is 0 Å². The second-order valence-corrected chi connectivity index (χ2v) is 23.1. The first-order valence-corrected chi connectivity index (χ1v) is 25.6. The molecule has 0 N–H and O–H groups in total. The van der Waals surface area contributed by atoms with Gasteiger partial charge in [-0.2, -0.15) is 0 Å². The summed E-state index contributed by atoms with van der Waals surface area (Å²) < 4.78 is 0. The zero-order valence-corrected chi connectivity index (χ0v) is 34.9. The van der Waals surface area contributed by atoms with Crippen molar-refractivity contribution in [3.05, 3.63) is 0 Å². The fourth-order valence-electron chi connectivity index (χ4n) is 18.3. The highest BCUT2D eigenvalue weighted by Gasteiger charge is 2.57. The van der Waals surface area contributed by atoms with E-state index in [2.05, 4.69) is 6.92 Å². The van der Waals surface area contributed by atoms with Crippen LogP contribution in [0.3, 0.4) is 0 Å². The summed E-state index contributed by atoms with van der Waals surface area (Å²) in [4.78, 5) is 0. The van der Waals surface area contributed by atoms with Crippen LogP contribution in [0, 0.1) is 94.2 Å². The molecule has 0 aromatic rings. The lowest BCUT2D eigenvalue weighted by Gasteiger charge is -2.62. The molecule has 0 heteroatoms. The Balaban J connectivity index is 1.02. The van der Waals surface area contributed by atoms with Gasteiger partial charge in [0.2, 0.25) is 0 Å². The fourth-order valence-corrected chi connectivity index (χ4v) is 18.3. The van der Waals surface area contributed by atoms with Crippen LogP contribution in [-0.2, 0) is 0 Å².